The molecule has 0 fully saturated rings. The number of carboxylic acid groups (broad SMARTS) is 2. The van der Waals surface area contributed by atoms with Gasteiger partial charge in [-0.25, -0.2) is 9.59 Å². The molecule has 0 spiro atoms. The monoisotopic (exact) mass is 420 g/mol. The molecule has 0 atom stereocenters. The lowest BCUT2D eigenvalue weighted by Gasteiger charge is -2.14. The number of pyridine rings is 1. The average Bonchev–Trinajstić information content (AvgIpc) is 2.40. The number of hydrogen-bond donors (Lipinski definition) is 4. The van der Waals surface area contributed by atoms with Crippen molar-refractivity contribution in [1.82, 2.24) is 4.98 Å². The van der Waals surface area contributed by atoms with E-state index in [-0.39, 0.29) is 15.6 Å². The summed E-state index contributed by atoms with van der Waals surface area (Å²) in [6, 6.07) is 2.69. The zero-order valence-corrected chi connectivity index (χ0v) is 14.1. The Labute approximate surface area is 146 Å². The molecule has 10 heteroatoms. The molecule has 0 bridgehead atoms. The molecule has 7 nitrogen and oxygen atoms in total. The molecule has 2 aromatic rings. The van der Waals surface area contributed by atoms with E-state index in [0.29, 0.717) is 4.47 Å². The van der Waals surface area contributed by atoms with E-state index >= 15 is 0 Å². The van der Waals surface area contributed by atoms with Crippen LogP contribution in [0.2, 0.25) is 10.0 Å². The van der Waals surface area contributed by atoms with Gasteiger partial charge in [0.05, 0.1) is 5.02 Å². The molecule has 0 unspecified atom stereocenters. The lowest BCUT2D eigenvalue weighted by molar-refractivity contribution is 0.0695. The van der Waals surface area contributed by atoms with Crippen LogP contribution < -0.4 is 11.3 Å². The smallest absolute Gasteiger partial charge is 0.342 e. The first-order valence-electron chi connectivity index (χ1n) is 5.82. The second-order valence-corrected chi connectivity index (χ2v) is 6.02. The van der Waals surface area contributed by atoms with E-state index in [2.05, 4.69) is 15.9 Å². The molecule has 0 amide bonds. The van der Waals surface area contributed by atoms with Crippen LogP contribution in [0.5, 0.6) is 0 Å². The highest BCUT2D eigenvalue weighted by Gasteiger charge is 2.28. The molecule has 0 aliphatic rings. The van der Waals surface area contributed by atoms with Gasteiger partial charge in [-0.15, -0.1) is 0 Å². The SMILES string of the molecule is Nc1[nH]c(=O)c(C(=O)O)c(-c2cc(Cl)cc(Br)c2Cl)c1C(=O)O. The van der Waals surface area contributed by atoms with Crippen molar-refractivity contribution >= 4 is 56.9 Å². The molecule has 2 rings (SSSR count). The van der Waals surface area contributed by atoms with Crippen LogP contribution in [0.15, 0.2) is 21.4 Å². The number of hydrogen-bond acceptors (Lipinski definition) is 4. The summed E-state index contributed by atoms with van der Waals surface area (Å²) in [4.78, 5) is 36.9. The predicted octanol–water partition coefficient (Wildman–Crippen LogP) is 3.09. The van der Waals surface area contributed by atoms with Gasteiger partial charge in [0.25, 0.3) is 5.56 Å². The molecule has 120 valence electrons. The minimum absolute atomic E-state index is 0.00981. The first-order valence-corrected chi connectivity index (χ1v) is 7.37. The van der Waals surface area contributed by atoms with Gasteiger partial charge in [-0.05, 0) is 28.1 Å². The molecule has 1 heterocycles. The number of nitrogens with one attached hydrogen (secondary N) is 1. The zero-order valence-electron chi connectivity index (χ0n) is 11.0. The summed E-state index contributed by atoms with van der Waals surface area (Å²) >= 11 is 15.2. The molecular weight excluding hydrogens is 415 g/mol. The number of halogens is 3. The van der Waals surface area contributed by atoms with Crippen LogP contribution in [0.3, 0.4) is 0 Å². The molecule has 23 heavy (non-hydrogen) atoms. The molecule has 5 N–H and O–H groups in total. The number of nitrogens with two attached hydrogens (primary N) is 1. The number of benzene rings is 1. The quantitative estimate of drug-likeness (QED) is 0.562. The van der Waals surface area contributed by atoms with Crippen molar-refractivity contribution < 1.29 is 19.8 Å². The van der Waals surface area contributed by atoms with E-state index in [4.69, 9.17) is 28.9 Å². The summed E-state index contributed by atoms with van der Waals surface area (Å²) in [5, 5.41) is 18.8. The Kier molecular flexibility index (Phi) is 4.69. The van der Waals surface area contributed by atoms with Gasteiger partial charge in [0.1, 0.15) is 16.9 Å². The molecule has 0 aliphatic carbocycles. The van der Waals surface area contributed by atoms with Crippen LogP contribution in [-0.2, 0) is 0 Å². The molecule has 0 radical (unpaired) electrons. The number of aromatic amines is 1. The maximum Gasteiger partial charge on any atom is 0.342 e. The Bertz CT molecular complexity index is 910. The van der Waals surface area contributed by atoms with Crippen LogP contribution in [0, 0.1) is 0 Å². The maximum absolute atomic E-state index is 11.9. The fourth-order valence-corrected chi connectivity index (χ4v) is 3.07. The number of nitrogen functional groups attached to an aromatic ring is 1. The highest BCUT2D eigenvalue weighted by atomic mass is 79.9. The fourth-order valence-electron chi connectivity index (χ4n) is 2.05. The van der Waals surface area contributed by atoms with Gasteiger partial charge in [-0.3, -0.25) is 4.79 Å². The number of aromatic nitrogens is 1. The summed E-state index contributed by atoms with van der Waals surface area (Å²) < 4.78 is 0.299. The van der Waals surface area contributed by atoms with Crippen molar-refractivity contribution in [3.05, 3.63) is 48.1 Å². The standard InChI is InChI=1S/C13H7BrCl2N2O5/c14-5-2-3(15)1-4(9(5)16)6-7(12(20)21)10(17)18-11(19)8(6)13(22)23/h1-2H,(H,20,21)(H,22,23)(H3,17,18,19). The topological polar surface area (TPSA) is 133 Å². The maximum atomic E-state index is 11.9. The summed E-state index contributed by atoms with van der Waals surface area (Å²) in [5.41, 5.74) is 2.64. The van der Waals surface area contributed by atoms with Gasteiger partial charge in [-0.1, -0.05) is 23.2 Å². The number of aromatic carboxylic acids is 2. The van der Waals surface area contributed by atoms with Crippen molar-refractivity contribution in [2.24, 2.45) is 0 Å². The first-order chi connectivity index (χ1) is 10.6. The second kappa shape index (κ2) is 6.23. The largest absolute Gasteiger partial charge is 0.478 e. The number of rotatable bonds is 3. The Balaban J connectivity index is 3.10. The summed E-state index contributed by atoms with van der Waals surface area (Å²) in [6.07, 6.45) is 0. The molecule has 0 saturated carbocycles. The number of carbonyl (C=O) groups is 2. The summed E-state index contributed by atoms with van der Waals surface area (Å²) in [5.74, 6) is -3.64. The van der Waals surface area contributed by atoms with Gasteiger partial charge in [0, 0.05) is 20.6 Å². The molecule has 1 aromatic carbocycles. The average molecular weight is 422 g/mol. The van der Waals surface area contributed by atoms with Gasteiger partial charge in [0.2, 0.25) is 0 Å². The Morgan fingerprint density at radius 3 is 2.22 bits per heavy atom. The number of anilines is 1. The van der Waals surface area contributed by atoms with Crippen LogP contribution in [0.4, 0.5) is 5.82 Å². The van der Waals surface area contributed by atoms with E-state index in [1.807, 2.05) is 4.98 Å². The highest BCUT2D eigenvalue weighted by molar-refractivity contribution is 9.10. The minimum atomic E-state index is -1.63. The lowest BCUT2D eigenvalue weighted by Crippen LogP contribution is -2.24. The van der Waals surface area contributed by atoms with Crippen LogP contribution in [0.1, 0.15) is 20.7 Å². The predicted molar refractivity (Wildman–Crippen MR) is 88.5 cm³/mol. The fraction of sp³-hybridized carbons (Fsp3) is 0. The molecule has 0 aliphatic heterocycles. The van der Waals surface area contributed by atoms with Crippen LogP contribution in [0.25, 0.3) is 11.1 Å². The van der Waals surface area contributed by atoms with Gasteiger partial charge < -0.3 is 20.9 Å². The van der Waals surface area contributed by atoms with Crippen molar-refractivity contribution in [2.45, 2.75) is 0 Å². The van der Waals surface area contributed by atoms with Crippen molar-refractivity contribution in [2.75, 3.05) is 5.73 Å². The number of carboxylic acids is 2. The third-order valence-corrected chi connectivity index (χ3v) is 4.41. The molecule has 0 saturated heterocycles. The molecular formula is C13H7BrCl2N2O5. The van der Waals surface area contributed by atoms with Gasteiger partial charge in [0.15, 0.2) is 0 Å². The third-order valence-electron chi connectivity index (χ3n) is 2.93. The van der Waals surface area contributed by atoms with Crippen LogP contribution in [-0.4, -0.2) is 27.1 Å². The zero-order chi connectivity index (χ0) is 17.5. The van der Waals surface area contributed by atoms with E-state index < -0.39 is 40.0 Å². The lowest BCUT2D eigenvalue weighted by atomic mass is 9.95. The van der Waals surface area contributed by atoms with Gasteiger partial charge >= 0.3 is 11.9 Å². The van der Waals surface area contributed by atoms with Gasteiger partial charge in [-0.2, -0.15) is 0 Å². The molecule has 1 aromatic heterocycles. The Morgan fingerprint density at radius 2 is 1.70 bits per heavy atom. The normalized spacial score (nSPS) is 10.6. The first kappa shape index (κ1) is 17.3. The Morgan fingerprint density at radius 1 is 1.13 bits per heavy atom. The Hall–Kier alpha value is -2.03. The van der Waals surface area contributed by atoms with E-state index in [1.54, 1.807) is 0 Å². The highest BCUT2D eigenvalue weighted by Crippen LogP contribution is 2.39. The second-order valence-electron chi connectivity index (χ2n) is 4.35. The van der Waals surface area contributed by atoms with E-state index in [1.165, 1.54) is 12.1 Å². The summed E-state index contributed by atoms with van der Waals surface area (Å²) in [7, 11) is 0. The van der Waals surface area contributed by atoms with E-state index in [9.17, 15) is 24.6 Å². The summed E-state index contributed by atoms with van der Waals surface area (Å²) in [6.45, 7) is 0. The van der Waals surface area contributed by atoms with Crippen molar-refractivity contribution in [3.63, 3.8) is 0 Å². The van der Waals surface area contributed by atoms with E-state index in [0.717, 1.165) is 0 Å². The number of H-pyrrole nitrogens is 1. The van der Waals surface area contributed by atoms with Crippen LogP contribution >= 0.6 is 39.1 Å². The van der Waals surface area contributed by atoms with Crippen molar-refractivity contribution in [3.8, 4) is 11.1 Å². The minimum Gasteiger partial charge on any atom is -0.478 e. The third kappa shape index (κ3) is 3.05. The van der Waals surface area contributed by atoms with Crippen molar-refractivity contribution in [1.29, 1.82) is 0 Å².